The molecule has 7 nitrogen and oxygen atoms in total. The second-order valence-electron chi connectivity index (χ2n) is 5.06. The van der Waals surface area contributed by atoms with Crippen molar-refractivity contribution in [2.24, 2.45) is 0 Å². The number of carbonyl (C=O) groups excluding carboxylic acids is 1. The van der Waals surface area contributed by atoms with Gasteiger partial charge in [0.2, 0.25) is 5.89 Å². The number of hydrogen-bond donors (Lipinski definition) is 0. The van der Waals surface area contributed by atoms with Crippen molar-refractivity contribution in [1.82, 2.24) is 9.78 Å². The monoisotopic (exact) mass is 359 g/mol. The molecule has 0 bridgehead atoms. The van der Waals surface area contributed by atoms with Crippen LogP contribution in [0.15, 0.2) is 52.9 Å². The highest BCUT2D eigenvalue weighted by molar-refractivity contribution is 7.71. The van der Waals surface area contributed by atoms with E-state index in [0.717, 1.165) is 0 Å². The third-order valence-electron chi connectivity index (χ3n) is 3.39. The van der Waals surface area contributed by atoms with Crippen molar-refractivity contribution in [3.8, 4) is 11.5 Å². The fourth-order valence-corrected chi connectivity index (χ4v) is 2.30. The third kappa shape index (κ3) is 3.66. The summed E-state index contributed by atoms with van der Waals surface area (Å²) in [5, 5.41) is 14.7. The maximum atomic E-state index is 13.0. The summed E-state index contributed by atoms with van der Waals surface area (Å²) >= 11 is 5.04. The number of ketones is 1. The zero-order valence-corrected chi connectivity index (χ0v) is 13.4. The summed E-state index contributed by atoms with van der Waals surface area (Å²) in [5.41, 5.74) is 0.709. The van der Waals surface area contributed by atoms with Gasteiger partial charge in [0.1, 0.15) is 12.4 Å². The van der Waals surface area contributed by atoms with Crippen molar-refractivity contribution < 1.29 is 18.5 Å². The van der Waals surface area contributed by atoms with Crippen LogP contribution in [0.1, 0.15) is 10.4 Å². The van der Waals surface area contributed by atoms with Crippen LogP contribution in [0.4, 0.5) is 10.1 Å². The van der Waals surface area contributed by atoms with Crippen LogP contribution in [-0.4, -0.2) is 20.5 Å². The minimum Gasteiger partial charge on any atom is -0.409 e. The summed E-state index contributed by atoms with van der Waals surface area (Å²) in [4.78, 5) is 22.4. The maximum absolute atomic E-state index is 13.0. The summed E-state index contributed by atoms with van der Waals surface area (Å²) < 4.78 is 19.5. The quantitative estimate of drug-likeness (QED) is 0.298. The number of Topliss-reactive ketones (excluding diaryl/α,β-unsaturated/α-hetero) is 1. The van der Waals surface area contributed by atoms with Crippen molar-refractivity contribution in [2.75, 3.05) is 0 Å². The lowest BCUT2D eigenvalue weighted by molar-refractivity contribution is -0.384. The molecule has 1 aromatic heterocycles. The molecule has 25 heavy (non-hydrogen) atoms. The van der Waals surface area contributed by atoms with Crippen molar-refractivity contribution in [1.29, 1.82) is 0 Å². The normalized spacial score (nSPS) is 10.6. The molecule has 0 amide bonds. The van der Waals surface area contributed by atoms with Crippen molar-refractivity contribution >= 4 is 23.7 Å². The number of hydrogen-bond acceptors (Lipinski definition) is 6. The molecule has 2 aromatic carbocycles. The van der Waals surface area contributed by atoms with E-state index in [1.807, 2.05) is 0 Å². The van der Waals surface area contributed by atoms with Gasteiger partial charge in [-0.15, -0.1) is 5.10 Å². The number of benzene rings is 2. The van der Waals surface area contributed by atoms with E-state index in [1.54, 1.807) is 0 Å². The van der Waals surface area contributed by atoms with Crippen LogP contribution in [0, 0.1) is 20.8 Å². The Kier molecular flexibility index (Phi) is 4.48. The standard InChI is InChI=1S/C16H10FN3O4S/c17-12-5-1-11(2-6-12)15-18-19(16(25)24-15)9-14(21)10-3-7-13(8-4-10)20(22)23/h1-8H,9H2. The first-order valence-electron chi connectivity index (χ1n) is 7.05. The van der Waals surface area contributed by atoms with E-state index in [-0.39, 0.29) is 28.7 Å². The molecule has 0 N–H and O–H groups in total. The van der Waals surface area contributed by atoms with Crippen LogP contribution < -0.4 is 0 Å². The van der Waals surface area contributed by atoms with Crippen LogP contribution in [-0.2, 0) is 6.54 Å². The predicted molar refractivity (Wildman–Crippen MR) is 88.1 cm³/mol. The SMILES string of the molecule is O=C(Cn1nc(-c2ccc(F)cc2)oc1=S)c1ccc([N+](=O)[O-])cc1. The number of nitro groups is 1. The number of nitrogens with zero attached hydrogens (tertiary/aromatic N) is 3. The summed E-state index contributed by atoms with van der Waals surface area (Å²) in [5.74, 6) is -0.554. The van der Waals surface area contributed by atoms with Gasteiger partial charge in [-0.2, -0.15) is 0 Å². The van der Waals surface area contributed by atoms with E-state index in [1.165, 1.54) is 53.2 Å². The lowest BCUT2D eigenvalue weighted by Crippen LogP contribution is -2.11. The average molecular weight is 359 g/mol. The fourth-order valence-electron chi connectivity index (χ4n) is 2.11. The molecule has 126 valence electrons. The highest BCUT2D eigenvalue weighted by Crippen LogP contribution is 2.19. The van der Waals surface area contributed by atoms with E-state index < -0.39 is 10.7 Å². The van der Waals surface area contributed by atoms with E-state index in [4.69, 9.17) is 16.6 Å². The molecule has 0 aliphatic heterocycles. The lowest BCUT2D eigenvalue weighted by Gasteiger charge is -2.00. The predicted octanol–water partition coefficient (Wildman–Crippen LogP) is 3.80. The molecule has 9 heteroatoms. The zero-order valence-electron chi connectivity index (χ0n) is 12.6. The Balaban J connectivity index is 1.81. The van der Waals surface area contributed by atoms with Gasteiger partial charge in [-0.05, 0) is 48.6 Å². The Bertz CT molecular complexity index is 993. The van der Waals surface area contributed by atoms with Crippen LogP contribution in [0.25, 0.3) is 11.5 Å². The Morgan fingerprint density at radius 3 is 2.44 bits per heavy atom. The molecule has 3 aromatic rings. The number of aromatic nitrogens is 2. The second kappa shape index (κ2) is 6.73. The molecule has 0 saturated heterocycles. The smallest absolute Gasteiger partial charge is 0.287 e. The van der Waals surface area contributed by atoms with Crippen molar-refractivity contribution in [2.45, 2.75) is 6.54 Å². The molecule has 3 rings (SSSR count). The molecule has 0 fully saturated rings. The van der Waals surface area contributed by atoms with Crippen LogP contribution >= 0.6 is 12.2 Å². The highest BCUT2D eigenvalue weighted by atomic mass is 32.1. The van der Waals surface area contributed by atoms with E-state index in [9.17, 15) is 19.3 Å². The Hall–Kier alpha value is -3.20. The average Bonchev–Trinajstić information content (AvgIpc) is 2.96. The first kappa shape index (κ1) is 16.7. The minimum absolute atomic E-state index is 0.00501. The van der Waals surface area contributed by atoms with E-state index in [2.05, 4.69) is 5.10 Å². The molecule has 0 unspecified atom stereocenters. The first-order chi connectivity index (χ1) is 11.9. The molecule has 0 spiro atoms. The third-order valence-corrected chi connectivity index (χ3v) is 3.68. The molecule has 0 atom stereocenters. The fraction of sp³-hybridized carbons (Fsp3) is 0.0625. The number of non-ortho nitro benzene ring substituents is 1. The summed E-state index contributed by atoms with van der Waals surface area (Å²) in [7, 11) is 0. The molecular weight excluding hydrogens is 349 g/mol. The van der Waals surface area contributed by atoms with Crippen LogP contribution in [0.5, 0.6) is 0 Å². The largest absolute Gasteiger partial charge is 0.409 e. The number of halogens is 1. The van der Waals surface area contributed by atoms with Gasteiger partial charge in [0.15, 0.2) is 5.78 Å². The molecule has 1 heterocycles. The molecule has 0 radical (unpaired) electrons. The van der Waals surface area contributed by atoms with Crippen molar-refractivity contribution in [3.63, 3.8) is 0 Å². The van der Waals surface area contributed by atoms with Crippen LogP contribution in [0.2, 0.25) is 0 Å². The summed E-state index contributed by atoms with van der Waals surface area (Å²) in [6.07, 6.45) is 0. The summed E-state index contributed by atoms with van der Waals surface area (Å²) in [6, 6.07) is 10.7. The van der Waals surface area contributed by atoms with Gasteiger partial charge < -0.3 is 4.42 Å². The van der Waals surface area contributed by atoms with E-state index >= 15 is 0 Å². The van der Waals surface area contributed by atoms with Gasteiger partial charge in [0, 0.05) is 23.3 Å². The highest BCUT2D eigenvalue weighted by Gasteiger charge is 2.14. The van der Waals surface area contributed by atoms with Crippen LogP contribution in [0.3, 0.4) is 0 Å². The zero-order chi connectivity index (χ0) is 18.0. The first-order valence-corrected chi connectivity index (χ1v) is 7.46. The van der Waals surface area contributed by atoms with Gasteiger partial charge >= 0.3 is 0 Å². The Labute approximate surface area is 145 Å². The van der Waals surface area contributed by atoms with Gasteiger partial charge in [0.25, 0.3) is 10.5 Å². The van der Waals surface area contributed by atoms with E-state index in [0.29, 0.717) is 11.1 Å². The second-order valence-corrected chi connectivity index (χ2v) is 5.41. The molecule has 0 aliphatic rings. The Morgan fingerprint density at radius 2 is 1.84 bits per heavy atom. The maximum Gasteiger partial charge on any atom is 0.287 e. The number of carbonyl (C=O) groups is 1. The van der Waals surface area contributed by atoms with Gasteiger partial charge in [-0.1, -0.05) is 0 Å². The number of nitro benzene ring substituents is 1. The summed E-state index contributed by atoms with van der Waals surface area (Å²) in [6.45, 7) is -0.179. The molecule has 0 saturated carbocycles. The van der Waals surface area contributed by atoms with Crippen molar-refractivity contribution in [3.05, 3.63) is 74.9 Å². The molecule has 0 aliphatic carbocycles. The van der Waals surface area contributed by atoms with Gasteiger partial charge in [0.05, 0.1) is 4.92 Å². The lowest BCUT2D eigenvalue weighted by atomic mass is 10.1. The number of rotatable bonds is 5. The minimum atomic E-state index is -0.545. The van der Waals surface area contributed by atoms with Gasteiger partial charge in [-0.25, -0.2) is 9.07 Å². The Morgan fingerprint density at radius 1 is 1.20 bits per heavy atom. The molecular formula is C16H10FN3O4S. The van der Waals surface area contributed by atoms with Gasteiger partial charge in [-0.3, -0.25) is 14.9 Å². The topological polar surface area (TPSA) is 91.2 Å².